The third-order valence-corrected chi connectivity index (χ3v) is 1.28. The zero-order chi connectivity index (χ0) is 14.4. The minimum absolute atomic E-state index is 0.0454. The summed E-state index contributed by atoms with van der Waals surface area (Å²) in [4.78, 5) is 30.0. The normalized spacial score (nSPS) is 9.00. The highest BCUT2D eigenvalue weighted by Crippen LogP contribution is 1.71. The second-order valence-electron chi connectivity index (χ2n) is 2.90. The van der Waals surface area contributed by atoms with E-state index in [1.165, 1.54) is 0 Å². The van der Waals surface area contributed by atoms with Gasteiger partial charge in [-0.25, -0.2) is 4.79 Å². The van der Waals surface area contributed by atoms with Gasteiger partial charge in [0, 0.05) is 13.7 Å². The van der Waals surface area contributed by atoms with Crippen molar-refractivity contribution >= 4 is 17.8 Å². The maximum atomic E-state index is 10.4. The van der Waals surface area contributed by atoms with Crippen LogP contribution in [0.25, 0.3) is 0 Å². The summed E-state index contributed by atoms with van der Waals surface area (Å²) in [6.07, 6.45) is 0. The number of amides is 2. The molecule has 0 radical (unpaired) electrons. The number of ether oxygens (including phenoxy) is 2. The molecule has 0 bridgehead atoms. The maximum Gasteiger partial charge on any atom is 0.329 e. The average Bonchev–Trinajstić information content (AvgIpc) is 2.29. The van der Waals surface area contributed by atoms with Gasteiger partial charge in [0.25, 0.3) is 0 Å². The number of hydrogen-bond acceptors (Lipinski definition) is 6. The van der Waals surface area contributed by atoms with E-state index in [1.807, 2.05) is 0 Å². The van der Waals surface area contributed by atoms with Crippen LogP contribution in [-0.4, -0.2) is 62.9 Å². The molecule has 0 saturated heterocycles. The second-order valence-corrected chi connectivity index (χ2v) is 2.90. The molecule has 0 aliphatic rings. The first kappa shape index (κ1) is 18.6. The first-order valence-electron chi connectivity index (χ1n) is 4.97. The van der Waals surface area contributed by atoms with Gasteiger partial charge in [-0.2, -0.15) is 0 Å². The number of methoxy groups -OCH3 is 1. The molecule has 0 saturated carbocycles. The maximum absolute atomic E-state index is 10.4. The zero-order valence-corrected chi connectivity index (χ0v) is 10.2. The minimum Gasteiger partial charge on any atom is -0.480 e. The van der Waals surface area contributed by atoms with Crippen molar-refractivity contribution < 1.29 is 29.0 Å². The molecule has 0 aliphatic heterocycles. The van der Waals surface area contributed by atoms with E-state index in [0.29, 0.717) is 13.2 Å². The van der Waals surface area contributed by atoms with Gasteiger partial charge >= 0.3 is 5.97 Å². The van der Waals surface area contributed by atoms with Crippen LogP contribution >= 0.6 is 0 Å². The van der Waals surface area contributed by atoms with Gasteiger partial charge in [0.15, 0.2) is 0 Å². The third kappa shape index (κ3) is 19.8. The van der Waals surface area contributed by atoms with Gasteiger partial charge in [-0.3, -0.25) is 9.59 Å². The summed E-state index contributed by atoms with van der Waals surface area (Å²) in [5.74, 6) is -1.93. The average molecular weight is 265 g/mol. The van der Waals surface area contributed by atoms with Crippen LogP contribution in [0.5, 0.6) is 0 Å². The Hall–Kier alpha value is -1.71. The number of carbonyl (C=O) groups is 3. The predicted molar refractivity (Wildman–Crippen MR) is 61.6 cm³/mol. The molecule has 0 unspecified atom stereocenters. The van der Waals surface area contributed by atoms with Gasteiger partial charge in [-0.05, 0) is 0 Å². The number of rotatable bonds is 8. The highest BCUT2D eigenvalue weighted by molar-refractivity contribution is 5.77. The number of carboxylic acid groups (broad SMARTS) is 1. The van der Waals surface area contributed by atoms with E-state index in [-0.39, 0.29) is 19.1 Å². The van der Waals surface area contributed by atoms with Gasteiger partial charge in [0.2, 0.25) is 11.8 Å². The van der Waals surface area contributed by atoms with Crippen molar-refractivity contribution in [3.8, 4) is 0 Å². The Morgan fingerprint density at radius 3 is 2.28 bits per heavy atom. The summed E-state index contributed by atoms with van der Waals surface area (Å²) in [6.45, 7) is 0.289. The fourth-order valence-corrected chi connectivity index (χ4v) is 0.604. The van der Waals surface area contributed by atoms with E-state index in [2.05, 4.69) is 20.5 Å². The number of nitrogens with one attached hydrogen (secondary N) is 1. The Bertz CT molecular complexity index is 245. The van der Waals surface area contributed by atoms with E-state index >= 15 is 0 Å². The molecule has 0 spiro atoms. The van der Waals surface area contributed by atoms with Crippen molar-refractivity contribution in [2.24, 2.45) is 11.5 Å². The molecule has 0 rings (SSSR count). The number of primary amides is 1. The van der Waals surface area contributed by atoms with Crippen LogP contribution in [0.1, 0.15) is 0 Å². The monoisotopic (exact) mass is 265 g/mol. The molecule has 9 nitrogen and oxygen atoms in total. The molecule has 0 atom stereocenters. The molecular formula is C9H19N3O6. The van der Waals surface area contributed by atoms with Crippen molar-refractivity contribution in [1.82, 2.24) is 5.32 Å². The topological polar surface area (TPSA) is 154 Å². The Kier molecular flexibility index (Phi) is 13.8. The lowest BCUT2D eigenvalue weighted by molar-refractivity contribution is -0.143. The molecule has 106 valence electrons. The Labute approximate surface area is 104 Å². The molecular weight excluding hydrogens is 246 g/mol. The number of carboxylic acids is 1. The van der Waals surface area contributed by atoms with Gasteiger partial charge < -0.3 is 31.4 Å². The number of carbonyl (C=O) groups excluding carboxylic acids is 2. The molecule has 0 aromatic rings. The summed E-state index contributed by atoms with van der Waals surface area (Å²) in [5, 5.41) is 10.5. The van der Waals surface area contributed by atoms with Gasteiger partial charge in [0.05, 0.1) is 13.2 Å². The van der Waals surface area contributed by atoms with E-state index in [4.69, 9.17) is 10.8 Å². The third-order valence-electron chi connectivity index (χ3n) is 1.28. The molecule has 0 aromatic heterocycles. The van der Waals surface area contributed by atoms with Crippen LogP contribution in [-0.2, 0) is 23.9 Å². The summed E-state index contributed by atoms with van der Waals surface area (Å²) < 4.78 is 8.96. The van der Waals surface area contributed by atoms with Crippen molar-refractivity contribution in [3.63, 3.8) is 0 Å². The van der Waals surface area contributed by atoms with Crippen LogP contribution < -0.4 is 16.8 Å². The van der Waals surface area contributed by atoms with Gasteiger partial charge in [-0.15, -0.1) is 0 Å². The zero-order valence-electron chi connectivity index (χ0n) is 10.2. The molecule has 0 heterocycles. The van der Waals surface area contributed by atoms with Crippen molar-refractivity contribution in [3.05, 3.63) is 0 Å². The second kappa shape index (κ2) is 13.4. The smallest absolute Gasteiger partial charge is 0.329 e. The summed E-state index contributed by atoms with van der Waals surface area (Å²) in [5.41, 5.74) is 9.62. The van der Waals surface area contributed by atoms with Crippen LogP contribution in [0.2, 0.25) is 0 Å². The molecule has 9 heteroatoms. The predicted octanol–water partition coefficient (Wildman–Crippen LogP) is -2.72. The summed E-state index contributed by atoms with van der Waals surface area (Å²) in [7, 11) is 1.58. The molecule has 6 N–H and O–H groups in total. The molecule has 0 fully saturated rings. The van der Waals surface area contributed by atoms with E-state index < -0.39 is 18.5 Å². The van der Waals surface area contributed by atoms with E-state index in [1.54, 1.807) is 7.11 Å². The fourth-order valence-electron chi connectivity index (χ4n) is 0.604. The van der Waals surface area contributed by atoms with E-state index in [9.17, 15) is 14.4 Å². The first-order chi connectivity index (χ1) is 8.43. The first-order valence-corrected chi connectivity index (χ1v) is 4.97. The highest BCUT2D eigenvalue weighted by atomic mass is 16.5. The van der Waals surface area contributed by atoms with Crippen molar-refractivity contribution in [1.29, 1.82) is 0 Å². The standard InChI is InChI=1S/C5H12N2O2.C4H7NO4/c1-9-3-2-7-5(8)4-6;5-3(6)1-9-2-4(7)8/h2-4,6H2,1H3,(H,7,8);1-2H2,(H2,5,6)(H,7,8). The molecule has 2 amide bonds. The summed E-state index contributed by atoms with van der Waals surface area (Å²) in [6, 6.07) is 0. The number of nitrogens with two attached hydrogens (primary N) is 2. The molecule has 18 heavy (non-hydrogen) atoms. The molecule has 0 aliphatic carbocycles. The number of hydrogen-bond donors (Lipinski definition) is 4. The van der Waals surface area contributed by atoms with Crippen LogP contribution in [0, 0.1) is 0 Å². The van der Waals surface area contributed by atoms with Crippen LogP contribution in [0.15, 0.2) is 0 Å². The quantitative estimate of drug-likeness (QED) is 0.347. The SMILES string of the molecule is COCCNC(=O)CN.NC(=O)COCC(=O)O. The lowest BCUT2D eigenvalue weighted by Crippen LogP contribution is -2.32. The van der Waals surface area contributed by atoms with Crippen LogP contribution in [0.4, 0.5) is 0 Å². The van der Waals surface area contributed by atoms with E-state index in [0.717, 1.165) is 0 Å². The van der Waals surface area contributed by atoms with Gasteiger partial charge in [-0.1, -0.05) is 0 Å². The lowest BCUT2D eigenvalue weighted by atomic mass is 10.6. The summed E-state index contributed by atoms with van der Waals surface area (Å²) >= 11 is 0. The van der Waals surface area contributed by atoms with Crippen molar-refractivity contribution in [2.75, 3.05) is 40.0 Å². The highest BCUT2D eigenvalue weighted by Gasteiger charge is 1.97. The lowest BCUT2D eigenvalue weighted by Gasteiger charge is -1.99. The molecule has 0 aromatic carbocycles. The van der Waals surface area contributed by atoms with Crippen molar-refractivity contribution in [2.45, 2.75) is 0 Å². The largest absolute Gasteiger partial charge is 0.480 e. The Balaban J connectivity index is 0. The van der Waals surface area contributed by atoms with Gasteiger partial charge in [0.1, 0.15) is 13.2 Å². The Morgan fingerprint density at radius 1 is 1.28 bits per heavy atom. The fraction of sp³-hybridized carbons (Fsp3) is 0.667. The van der Waals surface area contributed by atoms with Crippen LogP contribution in [0.3, 0.4) is 0 Å². The minimum atomic E-state index is -1.11. The number of aliphatic carboxylic acids is 1. The Morgan fingerprint density at radius 2 is 1.89 bits per heavy atom.